The molecule has 8 nitrogen and oxygen atoms in total. The minimum absolute atomic E-state index is 0.157. The lowest BCUT2D eigenvalue weighted by Gasteiger charge is -2.23. The fraction of sp³-hybridized carbons (Fsp3) is 0.375. The Balaban J connectivity index is 1.35. The number of nitrogens with one attached hydrogen (secondary N) is 4. The van der Waals surface area contributed by atoms with Crippen molar-refractivity contribution < 1.29 is 19.2 Å². The number of amides is 4. The van der Waals surface area contributed by atoms with Crippen LogP contribution in [0, 0.1) is 5.92 Å². The molecule has 1 unspecified atom stereocenters. The average Bonchev–Trinajstić information content (AvgIpc) is 3.69. The van der Waals surface area contributed by atoms with Gasteiger partial charge >= 0.3 is 0 Å². The molecule has 40 heavy (non-hydrogen) atoms. The van der Waals surface area contributed by atoms with Gasteiger partial charge in [0.1, 0.15) is 5.54 Å². The van der Waals surface area contributed by atoms with Crippen molar-refractivity contribution in [2.45, 2.75) is 57.5 Å². The van der Waals surface area contributed by atoms with Crippen molar-refractivity contribution in [2.75, 3.05) is 13.1 Å². The largest absolute Gasteiger partial charge is 0.352 e. The van der Waals surface area contributed by atoms with Crippen LogP contribution in [0.2, 0.25) is 0 Å². The number of aryl methyl sites for hydroxylation is 1. The lowest BCUT2D eigenvalue weighted by molar-refractivity contribution is -0.132. The van der Waals surface area contributed by atoms with Gasteiger partial charge in [-0.05, 0) is 62.8 Å². The highest BCUT2D eigenvalue weighted by Gasteiger charge is 2.64. The summed E-state index contributed by atoms with van der Waals surface area (Å²) in [4.78, 5) is 52.0. The van der Waals surface area contributed by atoms with Gasteiger partial charge in [-0.25, -0.2) is 0 Å². The molecule has 0 heterocycles. The summed E-state index contributed by atoms with van der Waals surface area (Å²) < 4.78 is 0. The summed E-state index contributed by atoms with van der Waals surface area (Å²) in [5.41, 5.74) is 1.65. The number of allylic oxidation sites excluding steroid dienone is 2. The van der Waals surface area contributed by atoms with E-state index < -0.39 is 22.9 Å². The Hall–Kier alpha value is -4.20. The number of carbonyl (C=O) groups is 4. The van der Waals surface area contributed by atoms with Crippen molar-refractivity contribution >= 4 is 35.8 Å². The zero-order chi connectivity index (χ0) is 28.8. The van der Waals surface area contributed by atoms with Gasteiger partial charge < -0.3 is 21.3 Å². The predicted octanol–water partition coefficient (Wildman–Crippen LogP) is 3.39. The topological polar surface area (TPSA) is 116 Å². The third kappa shape index (κ3) is 7.25. The first-order chi connectivity index (χ1) is 19.1. The van der Waals surface area contributed by atoms with E-state index in [1.165, 1.54) is 0 Å². The molecule has 1 saturated carbocycles. The van der Waals surface area contributed by atoms with Gasteiger partial charge in [0.15, 0.2) is 0 Å². The van der Waals surface area contributed by atoms with Crippen LogP contribution in [-0.2, 0) is 20.8 Å². The van der Waals surface area contributed by atoms with Crippen molar-refractivity contribution in [1.82, 2.24) is 21.3 Å². The van der Waals surface area contributed by atoms with Gasteiger partial charge in [0.05, 0.1) is 5.92 Å². The Morgan fingerprint density at radius 1 is 0.900 bits per heavy atom. The van der Waals surface area contributed by atoms with Crippen LogP contribution in [0.3, 0.4) is 0 Å². The van der Waals surface area contributed by atoms with Crippen LogP contribution >= 0.6 is 0 Å². The first-order valence-corrected chi connectivity index (χ1v) is 13.8. The average molecular weight is 543 g/mol. The molecular weight excluding hydrogens is 504 g/mol. The van der Waals surface area contributed by atoms with E-state index in [0.29, 0.717) is 12.0 Å². The maximum Gasteiger partial charge on any atom is 0.251 e. The number of hydrogen-bond acceptors (Lipinski definition) is 4. The van der Waals surface area contributed by atoms with Crippen LogP contribution < -0.4 is 21.3 Å². The van der Waals surface area contributed by atoms with Gasteiger partial charge in [-0.2, -0.15) is 0 Å². The number of benzene rings is 2. The van der Waals surface area contributed by atoms with Crippen LogP contribution in [0.15, 0.2) is 60.7 Å². The molecule has 0 aliphatic heterocycles. The Morgan fingerprint density at radius 2 is 1.62 bits per heavy atom. The van der Waals surface area contributed by atoms with Gasteiger partial charge in [-0.15, -0.1) is 0 Å². The van der Waals surface area contributed by atoms with Crippen molar-refractivity contribution in [3.63, 3.8) is 0 Å². The molecule has 0 radical (unpaired) electrons. The second-order valence-electron chi connectivity index (χ2n) is 11.4. The normalized spacial score (nSPS) is 19.1. The molecule has 2 aromatic rings. The molecule has 0 spiro atoms. The van der Waals surface area contributed by atoms with Gasteiger partial charge in [-0.1, -0.05) is 66.8 Å². The fourth-order valence-electron chi connectivity index (χ4n) is 4.87. The molecule has 2 aliphatic rings. The molecule has 2 atom stereocenters. The Kier molecular flexibility index (Phi) is 8.87. The van der Waals surface area contributed by atoms with Crippen LogP contribution in [0.1, 0.15) is 67.1 Å². The summed E-state index contributed by atoms with van der Waals surface area (Å²) >= 11 is 0. The lowest BCUT2D eigenvalue weighted by atomic mass is 10.0. The predicted molar refractivity (Wildman–Crippen MR) is 156 cm³/mol. The highest BCUT2D eigenvalue weighted by Crippen LogP contribution is 2.44. The Morgan fingerprint density at radius 3 is 2.38 bits per heavy atom. The Bertz CT molecular complexity index is 1330. The Labute approximate surface area is 235 Å². The van der Waals surface area contributed by atoms with Crippen molar-refractivity contribution in [3.8, 4) is 0 Å². The molecule has 4 rings (SSSR count). The second kappa shape index (κ2) is 12.3. The standard InChI is InChI=1S/C32H38N4O4/c1-31(2,3)36-29(39)26-21-32(26,35-27(37)18-17-22-11-6-4-7-12-22)30(40)34-20-19-33-28(38)25-16-10-14-23-13-8-5-9-15-24(23)25/h4,6-16,26H,5,17-21H2,1-3H3,(H,33,38)(H,34,40)(H,35,37)(H,36,39)/t26?,32-/m1/s1. The molecule has 2 aromatic carbocycles. The zero-order valence-corrected chi connectivity index (χ0v) is 23.4. The fourth-order valence-corrected chi connectivity index (χ4v) is 4.87. The summed E-state index contributed by atoms with van der Waals surface area (Å²) in [7, 11) is 0. The molecule has 210 valence electrons. The van der Waals surface area contributed by atoms with Crippen LogP contribution in [0.5, 0.6) is 0 Å². The highest BCUT2D eigenvalue weighted by atomic mass is 16.2. The summed E-state index contributed by atoms with van der Waals surface area (Å²) in [5.74, 6) is -1.88. The molecular formula is C32H38N4O4. The van der Waals surface area contributed by atoms with Gasteiger partial charge in [0.25, 0.3) is 5.91 Å². The van der Waals surface area contributed by atoms with Crippen LogP contribution in [-0.4, -0.2) is 47.8 Å². The third-order valence-corrected chi connectivity index (χ3v) is 6.96. The molecule has 2 aliphatic carbocycles. The maximum absolute atomic E-state index is 13.3. The summed E-state index contributed by atoms with van der Waals surface area (Å²) in [5, 5.41) is 11.5. The quantitative estimate of drug-likeness (QED) is 0.345. The molecule has 4 amide bonds. The second-order valence-corrected chi connectivity index (χ2v) is 11.4. The van der Waals surface area contributed by atoms with E-state index in [4.69, 9.17) is 0 Å². The first kappa shape index (κ1) is 28.8. The smallest absolute Gasteiger partial charge is 0.251 e. The van der Waals surface area contributed by atoms with Crippen molar-refractivity contribution in [1.29, 1.82) is 0 Å². The minimum Gasteiger partial charge on any atom is -0.352 e. The molecule has 0 bridgehead atoms. The van der Waals surface area contributed by atoms with E-state index in [0.717, 1.165) is 23.1 Å². The molecule has 8 heteroatoms. The van der Waals surface area contributed by atoms with Gasteiger partial charge in [-0.3, -0.25) is 19.2 Å². The van der Waals surface area contributed by atoms with E-state index in [-0.39, 0.29) is 43.7 Å². The lowest BCUT2D eigenvalue weighted by Crippen LogP contribution is -2.54. The van der Waals surface area contributed by atoms with Gasteiger partial charge in [0, 0.05) is 30.6 Å². The highest BCUT2D eigenvalue weighted by molar-refractivity contribution is 6.02. The first-order valence-electron chi connectivity index (χ1n) is 13.8. The molecule has 1 fully saturated rings. The minimum atomic E-state index is -1.30. The maximum atomic E-state index is 13.3. The number of hydrogen-bond donors (Lipinski definition) is 4. The number of carbonyl (C=O) groups excluding carboxylic acids is 4. The van der Waals surface area contributed by atoms with E-state index in [2.05, 4.69) is 21.3 Å². The van der Waals surface area contributed by atoms with Crippen LogP contribution in [0.25, 0.3) is 12.2 Å². The van der Waals surface area contributed by atoms with E-state index in [1.807, 2.05) is 87.5 Å². The van der Waals surface area contributed by atoms with Crippen LogP contribution in [0.4, 0.5) is 0 Å². The summed E-state index contributed by atoms with van der Waals surface area (Å²) in [6.45, 7) is 5.96. The monoisotopic (exact) mass is 542 g/mol. The van der Waals surface area contributed by atoms with Gasteiger partial charge in [0.2, 0.25) is 17.7 Å². The van der Waals surface area contributed by atoms with Crippen molar-refractivity contribution in [2.24, 2.45) is 5.92 Å². The molecule has 4 N–H and O–H groups in total. The molecule has 0 aromatic heterocycles. The number of fused-ring (bicyclic) bond motifs is 1. The molecule has 0 saturated heterocycles. The summed E-state index contributed by atoms with van der Waals surface area (Å²) in [6.07, 6.45) is 9.77. The zero-order valence-electron chi connectivity index (χ0n) is 23.4. The van der Waals surface area contributed by atoms with E-state index in [1.54, 1.807) is 6.07 Å². The van der Waals surface area contributed by atoms with E-state index >= 15 is 0 Å². The SMILES string of the molecule is CC(C)(C)NC(=O)C1C[C@]1(NC(=O)CCc1ccccc1)C(=O)NCCNC(=O)c1cccc2c1C=CCC=C2. The third-order valence-electron chi connectivity index (χ3n) is 6.96. The summed E-state index contributed by atoms with van der Waals surface area (Å²) in [6, 6.07) is 15.2. The number of rotatable bonds is 10. The van der Waals surface area contributed by atoms with E-state index in [9.17, 15) is 19.2 Å². The van der Waals surface area contributed by atoms with Crippen molar-refractivity contribution in [3.05, 3.63) is 82.9 Å².